The van der Waals surface area contributed by atoms with Gasteiger partial charge < -0.3 is 5.73 Å². The molecule has 3 nitrogen and oxygen atoms in total. The van der Waals surface area contributed by atoms with Crippen molar-refractivity contribution in [3.8, 4) is 0 Å². The summed E-state index contributed by atoms with van der Waals surface area (Å²) in [7, 11) is 0. The second kappa shape index (κ2) is 8.64. The summed E-state index contributed by atoms with van der Waals surface area (Å²) in [6, 6.07) is 8.86. The molecular weight excluding hydrogens is 254 g/mol. The molecule has 0 bridgehead atoms. The van der Waals surface area contributed by atoms with Crippen molar-refractivity contribution in [3.63, 3.8) is 0 Å². The highest BCUT2D eigenvalue weighted by molar-refractivity contribution is 7.80. The Bertz CT molecular complexity index is 412. The average Bonchev–Trinajstić information content (AvgIpc) is 2.37. The van der Waals surface area contributed by atoms with Gasteiger partial charge in [-0.25, -0.2) is 0 Å². The van der Waals surface area contributed by atoms with Crippen LogP contribution in [0.15, 0.2) is 29.4 Å². The molecule has 0 spiro atoms. The van der Waals surface area contributed by atoms with Gasteiger partial charge in [0.15, 0.2) is 5.11 Å². The molecule has 0 aliphatic heterocycles. The first-order chi connectivity index (χ1) is 9.11. The number of aryl methyl sites for hydroxylation is 1. The molecule has 0 aliphatic carbocycles. The van der Waals surface area contributed by atoms with Crippen LogP contribution in [0.3, 0.4) is 0 Å². The summed E-state index contributed by atoms with van der Waals surface area (Å²) in [5.74, 6) is 0.350. The minimum atomic E-state index is 0.198. The molecule has 0 aromatic heterocycles. The summed E-state index contributed by atoms with van der Waals surface area (Å²) in [5, 5.41) is 4.18. The number of hydrazone groups is 1. The summed E-state index contributed by atoms with van der Waals surface area (Å²) in [6.45, 7) is 4.34. The monoisotopic (exact) mass is 277 g/mol. The van der Waals surface area contributed by atoms with Crippen molar-refractivity contribution >= 4 is 23.5 Å². The van der Waals surface area contributed by atoms with E-state index in [2.05, 4.69) is 60.9 Å². The van der Waals surface area contributed by atoms with Crippen LogP contribution in [-0.4, -0.2) is 11.3 Å². The van der Waals surface area contributed by atoms with Crippen LogP contribution in [0.1, 0.15) is 37.8 Å². The fourth-order valence-corrected chi connectivity index (χ4v) is 1.93. The zero-order valence-corrected chi connectivity index (χ0v) is 12.5. The molecule has 1 aromatic rings. The maximum atomic E-state index is 5.29. The first kappa shape index (κ1) is 15.6. The Kier molecular flexibility index (Phi) is 7.11. The highest BCUT2D eigenvalue weighted by Crippen LogP contribution is 2.11. The predicted molar refractivity (Wildman–Crippen MR) is 86.3 cm³/mol. The normalized spacial score (nSPS) is 12.5. The third-order valence-corrected chi connectivity index (χ3v) is 2.99. The van der Waals surface area contributed by atoms with Gasteiger partial charge in [-0.3, -0.25) is 5.43 Å². The Morgan fingerprint density at radius 2 is 2.00 bits per heavy atom. The van der Waals surface area contributed by atoms with Crippen LogP contribution in [0.5, 0.6) is 0 Å². The molecule has 0 fully saturated rings. The first-order valence-electron chi connectivity index (χ1n) is 6.78. The Balaban J connectivity index is 2.43. The third-order valence-electron chi connectivity index (χ3n) is 2.90. The number of nitrogens with two attached hydrogens (primary N) is 1. The average molecular weight is 277 g/mol. The second-order valence-electron chi connectivity index (χ2n) is 4.86. The number of rotatable bonds is 7. The van der Waals surface area contributed by atoms with Gasteiger partial charge in [0.25, 0.3) is 0 Å². The van der Waals surface area contributed by atoms with E-state index >= 15 is 0 Å². The number of hydrogen-bond acceptors (Lipinski definition) is 2. The van der Waals surface area contributed by atoms with E-state index < -0.39 is 0 Å². The fourth-order valence-electron chi connectivity index (χ4n) is 1.88. The molecule has 0 aliphatic rings. The van der Waals surface area contributed by atoms with Crippen LogP contribution in [0.2, 0.25) is 0 Å². The number of hydrogen-bond donors (Lipinski definition) is 2. The molecule has 3 N–H and O–H groups in total. The number of nitrogens with one attached hydrogen (secondary N) is 1. The smallest absolute Gasteiger partial charge is 0.184 e. The lowest BCUT2D eigenvalue weighted by atomic mass is 10.00. The highest BCUT2D eigenvalue weighted by atomic mass is 32.1. The van der Waals surface area contributed by atoms with Crippen molar-refractivity contribution in [1.29, 1.82) is 0 Å². The Hall–Kier alpha value is -1.42. The van der Waals surface area contributed by atoms with E-state index in [1.165, 1.54) is 30.4 Å². The Morgan fingerprint density at radius 3 is 2.58 bits per heavy atom. The van der Waals surface area contributed by atoms with E-state index in [-0.39, 0.29) is 5.11 Å². The van der Waals surface area contributed by atoms with Crippen LogP contribution < -0.4 is 11.2 Å². The summed E-state index contributed by atoms with van der Waals surface area (Å²) in [4.78, 5) is 0. The largest absolute Gasteiger partial charge is 0.375 e. The van der Waals surface area contributed by atoms with Gasteiger partial charge >= 0.3 is 0 Å². The van der Waals surface area contributed by atoms with E-state index in [4.69, 9.17) is 5.73 Å². The molecule has 104 valence electrons. The van der Waals surface area contributed by atoms with E-state index in [1.54, 1.807) is 0 Å². The number of nitrogens with zero attached hydrogens (tertiary/aromatic N) is 1. The summed E-state index contributed by atoms with van der Waals surface area (Å²) in [6.07, 6.45) is 6.48. The van der Waals surface area contributed by atoms with E-state index in [1.807, 2.05) is 6.21 Å². The van der Waals surface area contributed by atoms with Gasteiger partial charge in [0, 0.05) is 6.21 Å². The van der Waals surface area contributed by atoms with Crippen molar-refractivity contribution in [3.05, 3.63) is 35.4 Å². The molecule has 0 heterocycles. The number of thiocarbonyl (C=S) groups is 1. The van der Waals surface area contributed by atoms with Crippen molar-refractivity contribution in [2.45, 2.75) is 39.5 Å². The molecule has 0 saturated carbocycles. The molecule has 0 amide bonds. The molecule has 0 radical (unpaired) electrons. The maximum absolute atomic E-state index is 5.29. The number of benzene rings is 1. The third kappa shape index (κ3) is 6.91. The van der Waals surface area contributed by atoms with Crippen LogP contribution in [0, 0.1) is 5.92 Å². The van der Waals surface area contributed by atoms with Gasteiger partial charge in [0.2, 0.25) is 0 Å². The van der Waals surface area contributed by atoms with Gasteiger partial charge in [-0.1, -0.05) is 44.5 Å². The van der Waals surface area contributed by atoms with E-state index in [0.717, 1.165) is 6.42 Å². The predicted octanol–water partition coefficient (Wildman–Crippen LogP) is 3.03. The minimum absolute atomic E-state index is 0.198. The lowest BCUT2D eigenvalue weighted by Gasteiger charge is -2.07. The van der Waals surface area contributed by atoms with Crippen molar-refractivity contribution < 1.29 is 0 Å². The van der Waals surface area contributed by atoms with Gasteiger partial charge in [-0.2, -0.15) is 5.10 Å². The maximum Gasteiger partial charge on any atom is 0.184 e. The SMILES string of the molecule is CCCCc1ccc(CC(C)/C=N/NC(N)=S)cc1. The second-order valence-corrected chi connectivity index (χ2v) is 5.30. The summed E-state index contributed by atoms with van der Waals surface area (Å²) in [5.41, 5.74) is 10.6. The molecule has 1 aromatic carbocycles. The van der Waals surface area contributed by atoms with Gasteiger partial charge in [-0.15, -0.1) is 0 Å². The van der Waals surface area contributed by atoms with Crippen LogP contribution in [0.4, 0.5) is 0 Å². The molecule has 0 saturated heterocycles. The molecule has 1 rings (SSSR count). The topological polar surface area (TPSA) is 50.4 Å². The van der Waals surface area contributed by atoms with Crippen molar-refractivity contribution in [1.82, 2.24) is 5.43 Å². The molecule has 1 atom stereocenters. The highest BCUT2D eigenvalue weighted by Gasteiger charge is 2.01. The van der Waals surface area contributed by atoms with Crippen molar-refractivity contribution in [2.24, 2.45) is 16.8 Å². The van der Waals surface area contributed by atoms with Crippen LogP contribution in [0.25, 0.3) is 0 Å². The zero-order chi connectivity index (χ0) is 14.1. The molecule has 4 heteroatoms. The number of unbranched alkanes of at least 4 members (excludes halogenated alkanes) is 1. The van der Waals surface area contributed by atoms with Gasteiger partial charge in [0.1, 0.15) is 0 Å². The summed E-state index contributed by atoms with van der Waals surface area (Å²) >= 11 is 4.68. The van der Waals surface area contributed by atoms with Crippen LogP contribution >= 0.6 is 12.2 Å². The first-order valence-corrected chi connectivity index (χ1v) is 7.19. The van der Waals surface area contributed by atoms with Crippen molar-refractivity contribution in [2.75, 3.05) is 0 Å². The Morgan fingerprint density at radius 1 is 1.37 bits per heavy atom. The molecule has 1 unspecified atom stereocenters. The van der Waals surface area contributed by atoms with Crippen LogP contribution in [-0.2, 0) is 12.8 Å². The minimum Gasteiger partial charge on any atom is -0.375 e. The fraction of sp³-hybridized carbons (Fsp3) is 0.467. The quantitative estimate of drug-likeness (QED) is 0.457. The lowest BCUT2D eigenvalue weighted by molar-refractivity contribution is 0.771. The van der Waals surface area contributed by atoms with E-state index in [9.17, 15) is 0 Å². The Labute approximate surface area is 121 Å². The molecular formula is C15H23N3S. The zero-order valence-electron chi connectivity index (χ0n) is 11.7. The van der Waals surface area contributed by atoms with Gasteiger partial charge in [0.05, 0.1) is 0 Å². The van der Waals surface area contributed by atoms with E-state index in [0.29, 0.717) is 5.92 Å². The standard InChI is InChI=1S/C15H23N3S/c1-3-4-5-13-6-8-14(9-7-13)10-12(2)11-17-18-15(16)19/h6-9,11-12H,3-5,10H2,1-2H3,(H3,16,18,19)/b17-11+. The van der Waals surface area contributed by atoms with Gasteiger partial charge in [-0.05, 0) is 48.5 Å². The lowest BCUT2D eigenvalue weighted by Crippen LogP contribution is -2.24. The molecule has 19 heavy (non-hydrogen) atoms. The summed E-state index contributed by atoms with van der Waals surface area (Å²) < 4.78 is 0.